The first kappa shape index (κ1) is 10.3. The number of hydrogen-bond acceptors (Lipinski definition) is 3. The number of rotatable bonds is 3. The molecule has 0 atom stereocenters. The molecule has 0 aliphatic rings. The van der Waals surface area contributed by atoms with Crippen LogP contribution in [0.25, 0.3) is 11.0 Å². The van der Waals surface area contributed by atoms with E-state index < -0.39 is 0 Å². The van der Waals surface area contributed by atoms with Crippen LogP contribution in [-0.4, -0.2) is 21.6 Å². The zero-order valence-corrected chi connectivity index (χ0v) is 9.22. The normalized spacial score (nSPS) is 11.1. The summed E-state index contributed by atoms with van der Waals surface area (Å²) >= 11 is 1.72. The summed E-state index contributed by atoms with van der Waals surface area (Å²) in [5.41, 5.74) is 7.28. The van der Waals surface area contributed by atoms with Crippen molar-refractivity contribution < 1.29 is 4.39 Å². The fourth-order valence-corrected chi connectivity index (χ4v) is 1.90. The number of imidazole rings is 1. The number of thioether (sulfide) groups is 1. The molecule has 2 aromatic rings. The van der Waals surface area contributed by atoms with Crippen LogP contribution in [0.3, 0.4) is 0 Å². The number of benzene rings is 1. The largest absolute Gasteiger partial charge is 0.369 e. The summed E-state index contributed by atoms with van der Waals surface area (Å²) in [6.07, 6.45) is 2.02. The summed E-state index contributed by atoms with van der Waals surface area (Å²) in [4.78, 5) is 4.17. The number of aryl methyl sites for hydroxylation is 1. The van der Waals surface area contributed by atoms with Crippen molar-refractivity contribution in [2.45, 2.75) is 6.54 Å². The molecule has 3 nitrogen and oxygen atoms in total. The van der Waals surface area contributed by atoms with Gasteiger partial charge in [-0.3, -0.25) is 0 Å². The van der Waals surface area contributed by atoms with E-state index in [0.717, 1.165) is 23.3 Å². The van der Waals surface area contributed by atoms with Gasteiger partial charge in [0.2, 0.25) is 5.95 Å². The molecule has 0 fully saturated rings. The zero-order chi connectivity index (χ0) is 10.8. The Hall–Kier alpha value is -1.23. The Morgan fingerprint density at radius 3 is 3.07 bits per heavy atom. The molecule has 0 radical (unpaired) electrons. The maximum Gasteiger partial charge on any atom is 0.201 e. The number of aromatic nitrogens is 2. The predicted octanol–water partition coefficient (Wildman–Crippen LogP) is 2.12. The van der Waals surface area contributed by atoms with Gasteiger partial charge in [-0.05, 0) is 24.5 Å². The van der Waals surface area contributed by atoms with Crippen LogP contribution in [0.1, 0.15) is 0 Å². The van der Waals surface area contributed by atoms with Crippen LogP contribution in [-0.2, 0) is 6.54 Å². The van der Waals surface area contributed by atoms with Crippen molar-refractivity contribution in [3.05, 3.63) is 24.0 Å². The van der Waals surface area contributed by atoms with Gasteiger partial charge in [0.25, 0.3) is 0 Å². The topological polar surface area (TPSA) is 43.8 Å². The molecule has 1 heterocycles. The predicted molar refractivity (Wildman–Crippen MR) is 62.5 cm³/mol. The molecule has 2 rings (SSSR count). The van der Waals surface area contributed by atoms with E-state index in [1.807, 2.05) is 10.8 Å². The minimum Gasteiger partial charge on any atom is -0.369 e. The van der Waals surface area contributed by atoms with E-state index in [1.54, 1.807) is 17.8 Å². The molecular weight excluding hydrogens is 213 g/mol. The number of anilines is 1. The third-order valence-corrected chi connectivity index (χ3v) is 2.85. The summed E-state index contributed by atoms with van der Waals surface area (Å²) in [6.45, 7) is 0.757. The highest BCUT2D eigenvalue weighted by Gasteiger charge is 2.07. The van der Waals surface area contributed by atoms with Crippen molar-refractivity contribution in [2.24, 2.45) is 0 Å². The molecule has 0 saturated carbocycles. The van der Waals surface area contributed by atoms with Crippen LogP contribution in [0.15, 0.2) is 18.2 Å². The number of fused-ring (bicyclic) bond motifs is 1. The summed E-state index contributed by atoms with van der Waals surface area (Å²) in [5, 5.41) is 0. The molecule has 5 heteroatoms. The molecule has 15 heavy (non-hydrogen) atoms. The van der Waals surface area contributed by atoms with Gasteiger partial charge in [-0.1, -0.05) is 0 Å². The zero-order valence-electron chi connectivity index (χ0n) is 8.40. The van der Waals surface area contributed by atoms with Crippen LogP contribution in [0.5, 0.6) is 0 Å². The lowest BCUT2D eigenvalue weighted by molar-refractivity contribution is 0.628. The standard InChI is InChI=1S/C10H12FN3S/c1-15-5-4-14-9-6-7(11)2-3-8(9)13-10(14)12/h2-3,6H,4-5H2,1H3,(H2,12,13). The Morgan fingerprint density at radius 1 is 1.53 bits per heavy atom. The Labute approximate surface area is 91.5 Å². The highest BCUT2D eigenvalue weighted by atomic mass is 32.2. The second-order valence-electron chi connectivity index (χ2n) is 3.25. The van der Waals surface area contributed by atoms with Gasteiger partial charge in [-0.25, -0.2) is 9.37 Å². The van der Waals surface area contributed by atoms with Gasteiger partial charge < -0.3 is 10.3 Å². The third-order valence-electron chi connectivity index (χ3n) is 2.26. The number of nitrogens with zero attached hydrogens (tertiary/aromatic N) is 2. The minimum atomic E-state index is -0.257. The second kappa shape index (κ2) is 4.10. The Bertz CT molecular complexity index is 481. The van der Waals surface area contributed by atoms with E-state index in [4.69, 9.17) is 5.73 Å². The Kier molecular flexibility index (Phi) is 2.81. The van der Waals surface area contributed by atoms with Crippen LogP contribution in [0, 0.1) is 5.82 Å². The number of nitrogen functional groups attached to an aromatic ring is 1. The van der Waals surface area contributed by atoms with Crippen LogP contribution in [0.2, 0.25) is 0 Å². The fourth-order valence-electron chi connectivity index (χ4n) is 1.53. The molecule has 0 aliphatic carbocycles. The lowest BCUT2D eigenvalue weighted by atomic mass is 10.3. The summed E-state index contributed by atoms with van der Waals surface area (Å²) in [5.74, 6) is 1.13. The molecule has 1 aromatic carbocycles. The van der Waals surface area contributed by atoms with Crippen LogP contribution >= 0.6 is 11.8 Å². The Morgan fingerprint density at radius 2 is 2.33 bits per heavy atom. The van der Waals surface area contributed by atoms with E-state index in [1.165, 1.54) is 12.1 Å². The van der Waals surface area contributed by atoms with E-state index in [0.29, 0.717) is 5.95 Å². The molecule has 0 spiro atoms. The van der Waals surface area contributed by atoms with Gasteiger partial charge in [0.05, 0.1) is 11.0 Å². The third kappa shape index (κ3) is 1.92. The summed E-state index contributed by atoms with van der Waals surface area (Å²) in [6, 6.07) is 4.52. The van der Waals surface area contributed by atoms with Gasteiger partial charge in [-0.2, -0.15) is 11.8 Å². The first-order valence-electron chi connectivity index (χ1n) is 4.62. The molecule has 0 amide bonds. The average Bonchev–Trinajstić information content (AvgIpc) is 2.51. The van der Waals surface area contributed by atoms with Crippen molar-refractivity contribution >= 4 is 28.7 Å². The van der Waals surface area contributed by atoms with Crippen molar-refractivity contribution in [1.82, 2.24) is 9.55 Å². The lowest BCUT2D eigenvalue weighted by Crippen LogP contribution is -2.04. The maximum atomic E-state index is 13.1. The van der Waals surface area contributed by atoms with Gasteiger partial charge in [0.15, 0.2) is 0 Å². The smallest absolute Gasteiger partial charge is 0.201 e. The monoisotopic (exact) mass is 225 g/mol. The first-order chi connectivity index (χ1) is 7.22. The highest BCUT2D eigenvalue weighted by Crippen LogP contribution is 2.19. The summed E-state index contributed by atoms with van der Waals surface area (Å²) in [7, 11) is 0. The quantitative estimate of drug-likeness (QED) is 0.870. The molecule has 2 N–H and O–H groups in total. The average molecular weight is 225 g/mol. The van der Waals surface area contributed by atoms with Gasteiger partial charge >= 0.3 is 0 Å². The van der Waals surface area contributed by atoms with Crippen molar-refractivity contribution in [3.8, 4) is 0 Å². The molecule has 0 saturated heterocycles. The molecule has 0 bridgehead atoms. The van der Waals surface area contributed by atoms with Crippen molar-refractivity contribution in [2.75, 3.05) is 17.7 Å². The second-order valence-corrected chi connectivity index (χ2v) is 4.23. The van der Waals surface area contributed by atoms with E-state index in [2.05, 4.69) is 4.98 Å². The molecule has 80 valence electrons. The van der Waals surface area contributed by atoms with Crippen LogP contribution < -0.4 is 5.73 Å². The highest BCUT2D eigenvalue weighted by molar-refractivity contribution is 7.98. The van der Waals surface area contributed by atoms with E-state index in [-0.39, 0.29) is 5.82 Å². The van der Waals surface area contributed by atoms with E-state index in [9.17, 15) is 4.39 Å². The summed E-state index contributed by atoms with van der Waals surface area (Å²) < 4.78 is 14.9. The molecule has 0 aliphatic heterocycles. The molecular formula is C10H12FN3S. The first-order valence-corrected chi connectivity index (χ1v) is 6.02. The maximum absolute atomic E-state index is 13.1. The van der Waals surface area contributed by atoms with Crippen molar-refractivity contribution in [1.29, 1.82) is 0 Å². The SMILES string of the molecule is CSCCn1c(N)nc2ccc(F)cc21. The number of hydrogen-bond donors (Lipinski definition) is 1. The number of nitrogens with two attached hydrogens (primary N) is 1. The molecule has 1 aromatic heterocycles. The van der Waals surface area contributed by atoms with Gasteiger partial charge in [-0.15, -0.1) is 0 Å². The fraction of sp³-hybridized carbons (Fsp3) is 0.300. The van der Waals surface area contributed by atoms with Gasteiger partial charge in [0.1, 0.15) is 5.82 Å². The van der Waals surface area contributed by atoms with Crippen molar-refractivity contribution in [3.63, 3.8) is 0 Å². The Balaban J connectivity index is 2.50. The molecule has 0 unspecified atom stereocenters. The number of halogens is 1. The lowest BCUT2D eigenvalue weighted by Gasteiger charge is -2.04. The van der Waals surface area contributed by atoms with Crippen LogP contribution in [0.4, 0.5) is 10.3 Å². The minimum absolute atomic E-state index is 0.257. The van der Waals surface area contributed by atoms with E-state index >= 15 is 0 Å². The van der Waals surface area contributed by atoms with Gasteiger partial charge in [0, 0.05) is 12.3 Å².